The van der Waals surface area contributed by atoms with Gasteiger partial charge in [0.05, 0.1) is 17.8 Å². The summed E-state index contributed by atoms with van der Waals surface area (Å²) in [6.45, 7) is 2.00. The molecule has 0 unspecified atom stereocenters. The molecule has 0 fully saturated rings. The van der Waals surface area contributed by atoms with Crippen LogP contribution in [0, 0.1) is 0 Å². The Morgan fingerprint density at radius 1 is 1.22 bits per heavy atom. The van der Waals surface area contributed by atoms with Gasteiger partial charge >= 0.3 is 5.97 Å². The number of rotatable bonds is 7. The molecular weight excluding hydrogens is 370 g/mol. The smallest absolute Gasteiger partial charge is 0.355 e. The van der Waals surface area contributed by atoms with Crippen molar-refractivity contribution < 1.29 is 22.7 Å². The summed E-state index contributed by atoms with van der Waals surface area (Å²) in [7, 11) is -2.40. The van der Waals surface area contributed by atoms with E-state index in [1.54, 1.807) is 47.9 Å². The molecule has 0 spiro atoms. The second kappa shape index (κ2) is 7.77. The fourth-order valence-electron chi connectivity index (χ4n) is 2.75. The summed E-state index contributed by atoms with van der Waals surface area (Å²) in [4.78, 5) is 16.2. The molecule has 0 amide bonds. The van der Waals surface area contributed by atoms with Crippen molar-refractivity contribution in [1.29, 1.82) is 0 Å². The lowest BCUT2D eigenvalue weighted by Gasteiger charge is -2.13. The highest BCUT2D eigenvalue weighted by atomic mass is 32.2. The lowest BCUT2D eigenvalue weighted by Crippen LogP contribution is -2.16. The monoisotopic (exact) mass is 389 g/mol. The Hall–Kier alpha value is -2.91. The number of nitrogens with zero attached hydrogens (tertiary/aromatic N) is 2. The number of carbonyl (C=O) groups is 1. The van der Waals surface area contributed by atoms with E-state index < -0.39 is 16.0 Å². The van der Waals surface area contributed by atoms with E-state index in [0.29, 0.717) is 16.6 Å². The molecule has 8 nitrogen and oxygen atoms in total. The molecular formula is C18H19N3O5S. The van der Waals surface area contributed by atoms with E-state index >= 15 is 0 Å². The molecule has 3 rings (SSSR count). The lowest BCUT2D eigenvalue weighted by molar-refractivity contribution is 0.0496. The average Bonchev–Trinajstić information content (AvgIpc) is 3.03. The third-order valence-corrected chi connectivity index (χ3v) is 5.10. The number of para-hydroxylation sites is 1. The number of benzene rings is 1. The molecule has 0 atom stereocenters. The number of anilines is 1. The topological polar surface area (TPSA) is 99.5 Å². The van der Waals surface area contributed by atoms with Crippen LogP contribution in [0.4, 0.5) is 5.69 Å². The predicted molar refractivity (Wildman–Crippen MR) is 99.9 cm³/mol. The number of pyridine rings is 1. The Morgan fingerprint density at radius 2 is 2.04 bits per heavy atom. The Kier molecular flexibility index (Phi) is 5.43. The SMILES string of the molecule is CCOC(=O)c1cc2cccc(NS(=O)(=O)c3ccccn3)c2n1COC. The maximum absolute atomic E-state index is 12.7. The predicted octanol–water partition coefficient (Wildman–Crippen LogP) is 2.62. The molecule has 2 aromatic heterocycles. The minimum atomic E-state index is -3.89. The molecule has 0 aliphatic rings. The summed E-state index contributed by atoms with van der Waals surface area (Å²) < 4.78 is 39.7. The number of esters is 1. The third-order valence-electron chi connectivity index (χ3n) is 3.82. The van der Waals surface area contributed by atoms with Crippen LogP contribution in [0.15, 0.2) is 53.7 Å². The van der Waals surface area contributed by atoms with E-state index in [1.807, 2.05) is 0 Å². The van der Waals surface area contributed by atoms with E-state index in [-0.39, 0.29) is 24.1 Å². The van der Waals surface area contributed by atoms with Crippen molar-refractivity contribution >= 4 is 32.6 Å². The first-order chi connectivity index (χ1) is 13.0. The van der Waals surface area contributed by atoms with E-state index in [0.717, 1.165) is 0 Å². The van der Waals surface area contributed by atoms with Crippen LogP contribution in [-0.4, -0.2) is 37.7 Å². The summed E-state index contributed by atoms with van der Waals surface area (Å²) in [5.41, 5.74) is 1.10. The first-order valence-electron chi connectivity index (χ1n) is 8.20. The van der Waals surface area contributed by atoms with Gasteiger partial charge in [0.1, 0.15) is 12.4 Å². The number of hydrogen-bond acceptors (Lipinski definition) is 6. The second-order valence-electron chi connectivity index (χ2n) is 5.61. The summed E-state index contributed by atoms with van der Waals surface area (Å²) >= 11 is 0. The first-order valence-corrected chi connectivity index (χ1v) is 9.68. The molecule has 0 aliphatic heterocycles. The maximum atomic E-state index is 12.7. The van der Waals surface area contributed by atoms with Crippen molar-refractivity contribution in [2.24, 2.45) is 0 Å². The molecule has 0 saturated heterocycles. The third kappa shape index (κ3) is 3.79. The zero-order valence-electron chi connectivity index (χ0n) is 14.9. The van der Waals surface area contributed by atoms with Gasteiger partial charge in [-0.1, -0.05) is 18.2 Å². The van der Waals surface area contributed by atoms with Crippen LogP contribution in [0.1, 0.15) is 17.4 Å². The van der Waals surface area contributed by atoms with Crippen LogP contribution in [0.2, 0.25) is 0 Å². The molecule has 1 aromatic carbocycles. The normalized spacial score (nSPS) is 11.5. The summed E-state index contributed by atoms with van der Waals surface area (Å²) in [6, 6.07) is 11.4. The lowest BCUT2D eigenvalue weighted by atomic mass is 10.2. The fourth-order valence-corrected chi connectivity index (χ4v) is 3.76. The van der Waals surface area contributed by atoms with Crippen molar-refractivity contribution in [1.82, 2.24) is 9.55 Å². The van der Waals surface area contributed by atoms with Crippen LogP contribution in [0.3, 0.4) is 0 Å². The van der Waals surface area contributed by atoms with E-state index in [2.05, 4.69) is 9.71 Å². The Balaban J connectivity index is 2.12. The van der Waals surface area contributed by atoms with Gasteiger partial charge in [0, 0.05) is 18.7 Å². The van der Waals surface area contributed by atoms with Gasteiger partial charge in [0.2, 0.25) is 0 Å². The quantitative estimate of drug-likeness (QED) is 0.624. The zero-order chi connectivity index (χ0) is 19.4. The number of methoxy groups -OCH3 is 1. The maximum Gasteiger partial charge on any atom is 0.355 e. The minimum absolute atomic E-state index is 0.0555. The van der Waals surface area contributed by atoms with Crippen LogP contribution < -0.4 is 4.72 Å². The molecule has 0 saturated carbocycles. The number of ether oxygens (including phenoxy) is 2. The van der Waals surface area contributed by atoms with Crippen LogP contribution in [-0.2, 0) is 26.2 Å². The van der Waals surface area contributed by atoms with Crippen molar-refractivity contribution in [3.05, 3.63) is 54.4 Å². The summed E-state index contributed by atoms with van der Waals surface area (Å²) in [6.07, 6.45) is 1.40. The van der Waals surface area contributed by atoms with Gasteiger partial charge in [0.25, 0.3) is 10.0 Å². The van der Waals surface area contributed by atoms with Gasteiger partial charge in [-0.3, -0.25) is 4.72 Å². The van der Waals surface area contributed by atoms with Crippen molar-refractivity contribution in [2.45, 2.75) is 18.7 Å². The van der Waals surface area contributed by atoms with E-state index in [1.165, 1.54) is 19.4 Å². The molecule has 3 aromatic rings. The number of carbonyl (C=O) groups excluding carboxylic acids is 1. The van der Waals surface area contributed by atoms with Gasteiger partial charge in [-0.05, 0) is 31.2 Å². The molecule has 0 aliphatic carbocycles. The molecule has 142 valence electrons. The molecule has 9 heteroatoms. The number of fused-ring (bicyclic) bond motifs is 1. The van der Waals surface area contributed by atoms with Gasteiger partial charge in [-0.25, -0.2) is 9.78 Å². The van der Waals surface area contributed by atoms with Crippen LogP contribution >= 0.6 is 0 Å². The highest BCUT2D eigenvalue weighted by molar-refractivity contribution is 7.92. The van der Waals surface area contributed by atoms with Crippen LogP contribution in [0.25, 0.3) is 10.9 Å². The standard InChI is InChI=1S/C18H19N3O5S/c1-3-26-18(22)15-11-13-7-6-8-14(17(13)21(15)12-25-2)20-27(23,24)16-9-4-5-10-19-16/h4-11,20H,3,12H2,1-2H3. The van der Waals surface area contributed by atoms with Gasteiger partial charge in [-0.15, -0.1) is 0 Å². The van der Waals surface area contributed by atoms with Gasteiger partial charge in [-0.2, -0.15) is 8.42 Å². The van der Waals surface area contributed by atoms with Gasteiger partial charge in [0.15, 0.2) is 5.03 Å². The first kappa shape index (κ1) is 18.9. The molecule has 27 heavy (non-hydrogen) atoms. The molecule has 1 N–H and O–H groups in total. The van der Waals surface area contributed by atoms with Crippen molar-refractivity contribution in [3.8, 4) is 0 Å². The highest BCUT2D eigenvalue weighted by Gasteiger charge is 2.22. The number of sulfonamides is 1. The molecule has 2 heterocycles. The minimum Gasteiger partial charge on any atom is -0.461 e. The van der Waals surface area contributed by atoms with E-state index in [4.69, 9.17) is 9.47 Å². The molecule has 0 radical (unpaired) electrons. The molecule has 0 bridgehead atoms. The Labute approximate surface area is 156 Å². The number of hydrogen-bond donors (Lipinski definition) is 1. The van der Waals surface area contributed by atoms with E-state index in [9.17, 15) is 13.2 Å². The van der Waals surface area contributed by atoms with Gasteiger partial charge < -0.3 is 14.0 Å². The Bertz CT molecular complexity index is 1060. The largest absolute Gasteiger partial charge is 0.461 e. The number of nitrogens with one attached hydrogen (secondary N) is 1. The van der Waals surface area contributed by atoms with Crippen molar-refractivity contribution in [3.63, 3.8) is 0 Å². The summed E-state index contributed by atoms with van der Waals surface area (Å²) in [5.74, 6) is -0.510. The second-order valence-corrected chi connectivity index (χ2v) is 7.24. The summed E-state index contributed by atoms with van der Waals surface area (Å²) in [5, 5.41) is 0.578. The fraction of sp³-hybridized carbons (Fsp3) is 0.222. The highest BCUT2D eigenvalue weighted by Crippen LogP contribution is 2.29. The Morgan fingerprint density at radius 3 is 2.70 bits per heavy atom. The van der Waals surface area contributed by atoms with Crippen molar-refractivity contribution in [2.75, 3.05) is 18.4 Å². The average molecular weight is 389 g/mol. The van der Waals surface area contributed by atoms with Crippen LogP contribution in [0.5, 0.6) is 0 Å². The zero-order valence-corrected chi connectivity index (χ0v) is 15.7. The number of aromatic nitrogens is 2.